The Bertz CT molecular complexity index is 473. The Labute approximate surface area is 118 Å². The van der Waals surface area contributed by atoms with Gasteiger partial charge in [0.15, 0.2) is 0 Å². The molecule has 94 valence electrons. The SMILES string of the molecule is Clc1ccccc1SCCNCc1ccccc1. The predicted molar refractivity (Wildman–Crippen MR) is 80.3 cm³/mol. The summed E-state index contributed by atoms with van der Waals surface area (Å²) in [6.07, 6.45) is 0. The minimum atomic E-state index is 0.838. The van der Waals surface area contributed by atoms with Crippen molar-refractivity contribution in [2.75, 3.05) is 12.3 Å². The van der Waals surface area contributed by atoms with E-state index in [-0.39, 0.29) is 0 Å². The Morgan fingerprint density at radius 3 is 2.44 bits per heavy atom. The number of thioether (sulfide) groups is 1. The van der Waals surface area contributed by atoms with Crippen molar-refractivity contribution in [3.8, 4) is 0 Å². The summed E-state index contributed by atoms with van der Waals surface area (Å²) in [6, 6.07) is 18.4. The van der Waals surface area contributed by atoms with Gasteiger partial charge in [0.25, 0.3) is 0 Å². The van der Waals surface area contributed by atoms with Gasteiger partial charge >= 0.3 is 0 Å². The van der Waals surface area contributed by atoms with Crippen LogP contribution in [0.4, 0.5) is 0 Å². The summed E-state index contributed by atoms with van der Waals surface area (Å²) in [5.41, 5.74) is 1.32. The summed E-state index contributed by atoms with van der Waals surface area (Å²) in [5.74, 6) is 1.02. The van der Waals surface area contributed by atoms with Gasteiger partial charge in [-0.1, -0.05) is 54.1 Å². The molecule has 1 nitrogen and oxygen atoms in total. The summed E-state index contributed by atoms with van der Waals surface area (Å²) in [6.45, 7) is 1.90. The van der Waals surface area contributed by atoms with Gasteiger partial charge in [-0.3, -0.25) is 0 Å². The minimum absolute atomic E-state index is 0.838. The molecule has 0 heterocycles. The maximum atomic E-state index is 6.09. The Balaban J connectivity index is 1.66. The molecule has 0 aliphatic heterocycles. The van der Waals surface area contributed by atoms with E-state index in [1.165, 1.54) is 5.56 Å². The molecule has 2 rings (SSSR count). The van der Waals surface area contributed by atoms with Crippen LogP contribution in [0.5, 0.6) is 0 Å². The van der Waals surface area contributed by atoms with Crippen molar-refractivity contribution in [2.24, 2.45) is 0 Å². The molecule has 0 fully saturated rings. The van der Waals surface area contributed by atoms with E-state index in [1.54, 1.807) is 11.8 Å². The molecule has 0 radical (unpaired) electrons. The molecule has 0 saturated carbocycles. The van der Waals surface area contributed by atoms with Crippen LogP contribution in [0.3, 0.4) is 0 Å². The van der Waals surface area contributed by atoms with Crippen LogP contribution in [0.15, 0.2) is 59.5 Å². The number of hydrogen-bond acceptors (Lipinski definition) is 2. The molecule has 0 amide bonds. The van der Waals surface area contributed by atoms with Crippen molar-refractivity contribution < 1.29 is 0 Å². The molecular formula is C15H16ClNS. The van der Waals surface area contributed by atoms with Gasteiger partial charge in [0.1, 0.15) is 0 Å². The normalized spacial score (nSPS) is 10.5. The van der Waals surface area contributed by atoms with Crippen LogP contribution in [0.25, 0.3) is 0 Å². The fourth-order valence-corrected chi connectivity index (χ4v) is 2.77. The highest BCUT2D eigenvalue weighted by molar-refractivity contribution is 7.99. The highest BCUT2D eigenvalue weighted by atomic mass is 35.5. The van der Waals surface area contributed by atoms with Crippen LogP contribution < -0.4 is 5.32 Å². The highest BCUT2D eigenvalue weighted by Gasteiger charge is 1.98. The molecule has 3 heteroatoms. The summed E-state index contributed by atoms with van der Waals surface area (Å²) in [5, 5.41) is 4.27. The average Bonchev–Trinajstić information content (AvgIpc) is 2.42. The van der Waals surface area contributed by atoms with E-state index >= 15 is 0 Å². The van der Waals surface area contributed by atoms with Gasteiger partial charge in [-0.2, -0.15) is 0 Å². The lowest BCUT2D eigenvalue weighted by Crippen LogP contribution is -2.16. The monoisotopic (exact) mass is 277 g/mol. The van der Waals surface area contributed by atoms with Crippen molar-refractivity contribution in [1.29, 1.82) is 0 Å². The summed E-state index contributed by atoms with van der Waals surface area (Å²) in [7, 11) is 0. The quantitative estimate of drug-likeness (QED) is 0.627. The van der Waals surface area contributed by atoms with Crippen LogP contribution >= 0.6 is 23.4 Å². The van der Waals surface area contributed by atoms with E-state index < -0.39 is 0 Å². The first-order chi connectivity index (χ1) is 8.86. The first-order valence-corrected chi connectivity index (χ1v) is 7.34. The van der Waals surface area contributed by atoms with Crippen molar-refractivity contribution in [3.05, 3.63) is 65.2 Å². The summed E-state index contributed by atoms with van der Waals surface area (Å²) < 4.78 is 0. The smallest absolute Gasteiger partial charge is 0.0541 e. The number of halogens is 1. The molecule has 0 atom stereocenters. The van der Waals surface area contributed by atoms with E-state index in [9.17, 15) is 0 Å². The summed E-state index contributed by atoms with van der Waals surface area (Å²) in [4.78, 5) is 1.15. The Kier molecular flexibility index (Phi) is 5.59. The standard InChI is InChI=1S/C15H16ClNS/c16-14-8-4-5-9-15(14)18-11-10-17-12-13-6-2-1-3-7-13/h1-9,17H,10-12H2. The molecule has 0 bridgehead atoms. The number of hydrogen-bond donors (Lipinski definition) is 1. The van der Waals surface area contributed by atoms with Crippen LogP contribution in [-0.4, -0.2) is 12.3 Å². The lowest BCUT2D eigenvalue weighted by atomic mass is 10.2. The van der Waals surface area contributed by atoms with Crippen LogP contribution in [-0.2, 0) is 6.54 Å². The van der Waals surface area contributed by atoms with E-state index in [2.05, 4.69) is 35.6 Å². The first-order valence-electron chi connectivity index (χ1n) is 5.98. The van der Waals surface area contributed by atoms with Gasteiger partial charge in [-0.05, 0) is 17.7 Å². The van der Waals surface area contributed by atoms with Gasteiger partial charge in [-0.25, -0.2) is 0 Å². The molecule has 2 aromatic rings. The third-order valence-electron chi connectivity index (χ3n) is 2.55. The zero-order valence-corrected chi connectivity index (χ0v) is 11.7. The third-order valence-corrected chi connectivity index (χ3v) is 4.06. The molecule has 0 aliphatic carbocycles. The van der Waals surface area contributed by atoms with E-state index in [0.29, 0.717) is 0 Å². The fraction of sp³-hybridized carbons (Fsp3) is 0.200. The maximum Gasteiger partial charge on any atom is 0.0541 e. The molecule has 18 heavy (non-hydrogen) atoms. The number of nitrogens with one attached hydrogen (secondary N) is 1. The molecule has 0 aromatic heterocycles. The molecule has 0 unspecified atom stereocenters. The van der Waals surface area contributed by atoms with Crippen LogP contribution in [0.1, 0.15) is 5.56 Å². The Hall–Kier alpha value is -0.960. The van der Waals surface area contributed by atoms with Gasteiger partial charge in [-0.15, -0.1) is 11.8 Å². The molecular weight excluding hydrogens is 262 g/mol. The summed E-state index contributed by atoms with van der Waals surface area (Å²) >= 11 is 7.88. The van der Waals surface area contributed by atoms with E-state index in [4.69, 9.17) is 11.6 Å². The van der Waals surface area contributed by atoms with E-state index in [0.717, 1.165) is 28.8 Å². The van der Waals surface area contributed by atoms with Gasteiger partial charge < -0.3 is 5.32 Å². The van der Waals surface area contributed by atoms with Gasteiger partial charge in [0.05, 0.1) is 5.02 Å². The zero-order chi connectivity index (χ0) is 12.6. The fourth-order valence-electron chi connectivity index (χ4n) is 1.62. The second kappa shape index (κ2) is 7.47. The topological polar surface area (TPSA) is 12.0 Å². The second-order valence-corrected chi connectivity index (χ2v) is 5.49. The predicted octanol–water partition coefficient (Wildman–Crippen LogP) is 4.22. The van der Waals surface area contributed by atoms with Gasteiger partial charge in [0.2, 0.25) is 0 Å². The average molecular weight is 278 g/mol. The number of rotatable bonds is 6. The second-order valence-electron chi connectivity index (χ2n) is 3.94. The van der Waals surface area contributed by atoms with Crippen LogP contribution in [0, 0.1) is 0 Å². The molecule has 0 spiro atoms. The lowest BCUT2D eigenvalue weighted by molar-refractivity contribution is 0.732. The molecule has 0 aliphatic rings. The minimum Gasteiger partial charge on any atom is -0.312 e. The lowest BCUT2D eigenvalue weighted by Gasteiger charge is -2.06. The highest BCUT2D eigenvalue weighted by Crippen LogP contribution is 2.25. The zero-order valence-electron chi connectivity index (χ0n) is 10.1. The largest absolute Gasteiger partial charge is 0.312 e. The molecule has 0 saturated heterocycles. The van der Waals surface area contributed by atoms with Crippen molar-refractivity contribution in [1.82, 2.24) is 5.32 Å². The molecule has 2 aromatic carbocycles. The van der Waals surface area contributed by atoms with Crippen molar-refractivity contribution in [3.63, 3.8) is 0 Å². The van der Waals surface area contributed by atoms with Crippen molar-refractivity contribution >= 4 is 23.4 Å². The van der Waals surface area contributed by atoms with E-state index in [1.807, 2.05) is 24.3 Å². The maximum absolute atomic E-state index is 6.09. The Morgan fingerprint density at radius 2 is 1.67 bits per heavy atom. The van der Waals surface area contributed by atoms with Gasteiger partial charge in [0, 0.05) is 23.7 Å². The molecule has 1 N–H and O–H groups in total. The van der Waals surface area contributed by atoms with Crippen LogP contribution in [0.2, 0.25) is 5.02 Å². The number of benzene rings is 2. The first kappa shape index (κ1) is 13.5. The third kappa shape index (κ3) is 4.37. The van der Waals surface area contributed by atoms with Crippen molar-refractivity contribution in [2.45, 2.75) is 11.4 Å². The Morgan fingerprint density at radius 1 is 0.944 bits per heavy atom.